The molecule has 0 saturated heterocycles. The third-order valence-electron chi connectivity index (χ3n) is 4.73. The van der Waals surface area contributed by atoms with E-state index in [-0.39, 0.29) is 11.6 Å². The zero-order valence-corrected chi connectivity index (χ0v) is 18.1. The maximum atomic E-state index is 13.2. The maximum Gasteiger partial charge on any atom is 0.272 e. The van der Waals surface area contributed by atoms with Crippen LogP contribution in [0.4, 0.5) is 5.69 Å². The van der Waals surface area contributed by atoms with Crippen LogP contribution in [0.1, 0.15) is 15.9 Å². The summed E-state index contributed by atoms with van der Waals surface area (Å²) >= 11 is 3.44. The molecule has 0 bridgehead atoms. The normalized spacial score (nSPS) is 11.2. The summed E-state index contributed by atoms with van der Waals surface area (Å²) < 4.78 is 0.879. The number of hydrogen-bond donors (Lipinski definition) is 2. The van der Waals surface area contributed by atoms with Gasteiger partial charge in [0, 0.05) is 21.1 Å². The maximum absolute atomic E-state index is 13.2. The van der Waals surface area contributed by atoms with E-state index in [1.54, 1.807) is 30.3 Å². The SMILES string of the molecule is O=C(Nc1cccc2ccccc12)/C(=C/c1cccc(Br)c1)NC(=O)c1ccccc1. The van der Waals surface area contributed by atoms with E-state index in [2.05, 4.69) is 26.6 Å². The van der Waals surface area contributed by atoms with E-state index in [9.17, 15) is 9.59 Å². The summed E-state index contributed by atoms with van der Waals surface area (Å²) in [5.74, 6) is -0.754. The van der Waals surface area contributed by atoms with Gasteiger partial charge in [-0.3, -0.25) is 9.59 Å². The fourth-order valence-corrected chi connectivity index (χ4v) is 3.65. The average molecular weight is 471 g/mol. The van der Waals surface area contributed by atoms with E-state index in [1.807, 2.05) is 72.8 Å². The Hall–Kier alpha value is -3.70. The average Bonchev–Trinajstić information content (AvgIpc) is 2.79. The molecule has 31 heavy (non-hydrogen) atoms. The molecule has 0 aliphatic rings. The molecule has 0 saturated carbocycles. The van der Waals surface area contributed by atoms with Gasteiger partial charge in [0.25, 0.3) is 11.8 Å². The highest BCUT2D eigenvalue weighted by Gasteiger charge is 2.16. The van der Waals surface area contributed by atoms with Crippen molar-refractivity contribution >= 4 is 50.3 Å². The Balaban J connectivity index is 1.67. The van der Waals surface area contributed by atoms with Gasteiger partial charge in [-0.2, -0.15) is 0 Å². The Morgan fingerprint density at radius 1 is 0.774 bits per heavy atom. The lowest BCUT2D eigenvalue weighted by Gasteiger charge is -2.13. The molecule has 0 atom stereocenters. The second-order valence-corrected chi connectivity index (χ2v) is 7.83. The number of carbonyl (C=O) groups is 2. The quantitative estimate of drug-likeness (QED) is 0.350. The number of amides is 2. The smallest absolute Gasteiger partial charge is 0.272 e. The highest BCUT2D eigenvalue weighted by molar-refractivity contribution is 9.10. The van der Waals surface area contributed by atoms with E-state index in [0.717, 1.165) is 20.8 Å². The number of halogens is 1. The first kappa shape index (κ1) is 20.6. The van der Waals surface area contributed by atoms with Gasteiger partial charge in [0.2, 0.25) is 0 Å². The molecule has 0 unspecified atom stereocenters. The van der Waals surface area contributed by atoms with Crippen LogP contribution in [-0.4, -0.2) is 11.8 Å². The number of fused-ring (bicyclic) bond motifs is 1. The van der Waals surface area contributed by atoms with Crippen molar-refractivity contribution < 1.29 is 9.59 Å². The van der Waals surface area contributed by atoms with Crippen molar-refractivity contribution in [1.29, 1.82) is 0 Å². The first-order valence-electron chi connectivity index (χ1n) is 9.73. The number of anilines is 1. The van der Waals surface area contributed by atoms with Crippen LogP contribution in [0.3, 0.4) is 0 Å². The summed E-state index contributed by atoms with van der Waals surface area (Å²) in [4.78, 5) is 25.9. The van der Waals surface area contributed by atoms with Gasteiger partial charge in [-0.1, -0.05) is 82.7 Å². The highest BCUT2D eigenvalue weighted by atomic mass is 79.9. The topological polar surface area (TPSA) is 58.2 Å². The molecule has 0 spiro atoms. The highest BCUT2D eigenvalue weighted by Crippen LogP contribution is 2.23. The van der Waals surface area contributed by atoms with Crippen LogP contribution in [0.25, 0.3) is 16.8 Å². The Labute approximate surface area is 188 Å². The molecular formula is C26H19BrN2O2. The minimum absolute atomic E-state index is 0.153. The summed E-state index contributed by atoms with van der Waals surface area (Å²) in [7, 11) is 0. The van der Waals surface area contributed by atoms with Gasteiger partial charge in [-0.15, -0.1) is 0 Å². The van der Waals surface area contributed by atoms with Crippen molar-refractivity contribution in [3.05, 3.63) is 118 Å². The van der Waals surface area contributed by atoms with E-state index >= 15 is 0 Å². The van der Waals surface area contributed by atoms with Gasteiger partial charge in [-0.05, 0) is 47.4 Å². The molecule has 0 aliphatic carbocycles. The lowest BCUT2D eigenvalue weighted by molar-refractivity contribution is -0.113. The second-order valence-electron chi connectivity index (χ2n) is 6.91. The third kappa shape index (κ3) is 5.08. The van der Waals surface area contributed by atoms with Crippen LogP contribution in [0.5, 0.6) is 0 Å². The standard InChI is InChI=1S/C26H19BrN2O2/c27-21-13-6-8-18(16-21)17-24(29-25(30)20-10-2-1-3-11-20)26(31)28-23-15-7-12-19-9-4-5-14-22(19)23/h1-17H,(H,28,31)(H,29,30)/b24-17-. The first-order valence-corrected chi connectivity index (χ1v) is 10.5. The minimum Gasteiger partial charge on any atom is -0.320 e. The van der Waals surface area contributed by atoms with Crippen molar-refractivity contribution in [2.45, 2.75) is 0 Å². The van der Waals surface area contributed by atoms with Crippen LogP contribution in [-0.2, 0) is 4.79 Å². The number of rotatable bonds is 5. The Morgan fingerprint density at radius 3 is 2.29 bits per heavy atom. The van der Waals surface area contributed by atoms with Gasteiger partial charge in [0.1, 0.15) is 5.70 Å². The van der Waals surface area contributed by atoms with Crippen LogP contribution in [0.15, 0.2) is 107 Å². The van der Waals surface area contributed by atoms with Crippen molar-refractivity contribution in [3.63, 3.8) is 0 Å². The predicted octanol–water partition coefficient (Wildman–Crippen LogP) is 6.01. The number of nitrogens with one attached hydrogen (secondary N) is 2. The Morgan fingerprint density at radius 2 is 1.48 bits per heavy atom. The zero-order chi connectivity index (χ0) is 21.6. The molecular weight excluding hydrogens is 452 g/mol. The molecule has 4 aromatic carbocycles. The van der Waals surface area contributed by atoms with Gasteiger partial charge in [0.05, 0.1) is 0 Å². The number of benzene rings is 4. The largest absolute Gasteiger partial charge is 0.320 e. The molecule has 0 aromatic heterocycles. The molecule has 152 valence electrons. The van der Waals surface area contributed by atoms with Crippen molar-refractivity contribution in [2.75, 3.05) is 5.32 Å². The minimum atomic E-state index is -0.402. The Kier molecular flexibility index (Phi) is 6.24. The van der Waals surface area contributed by atoms with Gasteiger partial charge in [-0.25, -0.2) is 0 Å². The predicted molar refractivity (Wildman–Crippen MR) is 129 cm³/mol. The third-order valence-corrected chi connectivity index (χ3v) is 5.22. The van der Waals surface area contributed by atoms with Crippen LogP contribution < -0.4 is 10.6 Å². The van der Waals surface area contributed by atoms with E-state index in [1.165, 1.54) is 0 Å². The van der Waals surface area contributed by atoms with Crippen LogP contribution in [0.2, 0.25) is 0 Å². The lowest BCUT2D eigenvalue weighted by atomic mass is 10.1. The van der Waals surface area contributed by atoms with Crippen LogP contribution >= 0.6 is 15.9 Å². The van der Waals surface area contributed by atoms with E-state index < -0.39 is 5.91 Å². The summed E-state index contributed by atoms with van der Waals surface area (Å²) in [6.45, 7) is 0. The van der Waals surface area contributed by atoms with Crippen molar-refractivity contribution in [3.8, 4) is 0 Å². The molecule has 0 heterocycles. The number of hydrogen-bond acceptors (Lipinski definition) is 2. The van der Waals surface area contributed by atoms with Gasteiger partial charge in [0.15, 0.2) is 0 Å². The number of carbonyl (C=O) groups excluding carboxylic acids is 2. The zero-order valence-electron chi connectivity index (χ0n) is 16.5. The van der Waals surface area contributed by atoms with Crippen molar-refractivity contribution in [2.24, 2.45) is 0 Å². The molecule has 4 aromatic rings. The van der Waals surface area contributed by atoms with Crippen LogP contribution in [0, 0.1) is 0 Å². The lowest BCUT2D eigenvalue weighted by Crippen LogP contribution is -2.30. The summed E-state index contributed by atoms with van der Waals surface area (Å²) in [6.07, 6.45) is 1.66. The molecule has 2 amide bonds. The fraction of sp³-hybridized carbons (Fsp3) is 0. The molecule has 0 fully saturated rings. The van der Waals surface area contributed by atoms with E-state index in [0.29, 0.717) is 11.3 Å². The molecule has 0 radical (unpaired) electrons. The summed E-state index contributed by atoms with van der Waals surface area (Å²) in [5.41, 5.74) is 2.09. The fourth-order valence-electron chi connectivity index (χ4n) is 3.23. The van der Waals surface area contributed by atoms with Crippen molar-refractivity contribution in [1.82, 2.24) is 5.32 Å². The Bertz CT molecular complexity index is 1280. The van der Waals surface area contributed by atoms with Gasteiger partial charge < -0.3 is 10.6 Å². The van der Waals surface area contributed by atoms with E-state index in [4.69, 9.17) is 0 Å². The van der Waals surface area contributed by atoms with Gasteiger partial charge >= 0.3 is 0 Å². The molecule has 0 aliphatic heterocycles. The molecule has 4 nitrogen and oxygen atoms in total. The molecule has 4 rings (SSSR count). The monoisotopic (exact) mass is 470 g/mol. The second kappa shape index (κ2) is 9.41. The summed E-state index contributed by atoms with van der Waals surface area (Å²) in [6, 6.07) is 29.8. The first-order chi connectivity index (χ1) is 15.1. The molecule has 5 heteroatoms. The summed E-state index contributed by atoms with van der Waals surface area (Å²) in [5, 5.41) is 7.65. The molecule has 2 N–H and O–H groups in total.